The van der Waals surface area contributed by atoms with E-state index in [2.05, 4.69) is 5.16 Å². The predicted molar refractivity (Wildman–Crippen MR) is 70.5 cm³/mol. The van der Waals surface area contributed by atoms with E-state index in [1.807, 2.05) is 0 Å². The van der Waals surface area contributed by atoms with Crippen molar-refractivity contribution < 1.29 is 23.6 Å². The second kappa shape index (κ2) is 5.43. The molecule has 0 radical (unpaired) electrons. The Hall–Kier alpha value is -2.57. The van der Waals surface area contributed by atoms with Gasteiger partial charge in [-0.2, -0.15) is 0 Å². The fourth-order valence-electron chi connectivity index (χ4n) is 2.44. The monoisotopic (exact) mass is 290 g/mol. The molecule has 1 atom stereocenters. The molecule has 1 saturated heterocycles. The van der Waals surface area contributed by atoms with Crippen LogP contribution in [0.15, 0.2) is 33.4 Å². The molecule has 0 spiro atoms. The average Bonchev–Trinajstić information content (AvgIpc) is 3.17. The number of carboxylic acids is 1. The molecular formula is C14H14N2O5. The molecule has 1 amide bonds. The lowest BCUT2D eigenvalue weighted by molar-refractivity contribution is -0.143. The molecular weight excluding hydrogens is 276 g/mol. The van der Waals surface area contributed by atoms with Gasteiger partial charge in [-0.25, -0.2) is 0 Å². The van der Waals surface area contributed by atoms with E-state index in [1.165, 1.54) is 17.2 Å². The number of likely N-dealkylation sites (tertiary alicyclic amines) is 1. The normalized spacial score (nSPS) is 18.7. The van der Waals surface area contributed by atoms with Crippen molar-refractivity contribution in [1.29, 1.82) is 0 Å². The molecule has 0 unspecified atom stereocenters. The molecule has 7 heteroatoms. The largest absolute Gasteiger partial charge is 0.481 e. The Morgan fingerprint density at radius 1 is 1.38 bits per heavy atom. The van der Waals surface area contributed by atoms with Gasteiger partial charge in [0, 0.05) is 19.2 Å². The van der Waals surface area contributed by atoms with Gasteiger partial charge in [0.2, 0.25) is 5.76 Å². The van der Waals surface area contributed by atoms with Crippen LogP contribution in [-0.4, -0.2) is 40.1 Å². The van der Waals surface area contributed by atoms with E-state index in [9.17, 15) is 9.59 Å². The lowest BCUT2D eigenvalue weighted by Gasteiger charge is -2.29. The van der Waals surface area contributed by atoms with Crippen LogP contribution in [0.2, 0.25) is 0 Å². The van der Waals surface area contributed by atoms with Gasteiger partial charge in [0.05, 0.1) is 12.2 Å². The molecule has 0 aromatic carbocycles. The number of rotatable bonds is 3. The van der Waals surface area contributed by atoms with Gasteiger partial charge in [-0.3, -0.25) is 9.59 Å². The Balaban J connectivity index is 1.74. The van der Waals surface area contributed by atoms with Crippen LogP contribution in [0.3, 0.4) is 0 Å². The van der Waals surface area contributed by atoms with Crippen molar-refractivity contribution in [2.75, 3.05) is 13.1 Å². The van der Waals surface area contributed by atoms with E-state index in [0.29, 0.717) is 30.9 Å². The van der Waals surface area contributed by atoms with Crippen molar-refractivity contribution in [2.45, 2.75) is 12.8 Å². The topological polar surface area (TPSA) is 96.8 Å². The number of aromatic nitrogens is 1. The van der Waals surface area contributed by atoms with Gasteiger partial charge in [-0.1, -0.05) is 5.16 Å². The number of hydrogen-bond acceptors (Lipinski definition) is 5. The second-order valence-electron chi connectivity index (χ2n) is 4.98. The van der Waals surface area contributed by atoms with Gasteiger partial charge in [-0.15, -0.1) is 0 Å². The van der Waals surface area contributed by atoms with Crippen molar-refractivity contribution in [3.8, 4) is 11.5 Å². The third-order valence-electron chi connectivity index (χ3n) is 3.55. The minimum atomic E-state index is -0.871. The summed E-state index contributed by atoms with van der Waals surface area (Å²) in [7, 11) is 0. The summed E-state index contributed by atoms with van der Waals surface area (Å²) in [6, 6.07) is 4.92. The summed E-state index contributed by atoms with van der Waals surface area (Å²) < 4.78 is 10.3. The Kier molecular flexibility index (Phi) is 3.47. The summed E-state index contributed by atoms with van der Waals surface area (Å²) in [5, 5.41) is 12.8. The maximum Gasteiger partial charge on any atom is 0.308 e. The van der Waals surface area contributed by atoms with Crippen LogP contribution in [0.25, 0.3) is 11.5 Å². The van der Waals surface area contributed by atoms with E-state index >= 15 is 0 Å². The first kappa shape index (κ1) is 13.4. The smallest absolute Gasteiger partial charge is 0.308 e. The number of furan rings is 1. The zero-order valence-electron chi connectivity index (χ0n) is 11.2. The van der Waals surface area contributed by atoms with E-state index < -0.39 is 11.9 Å². The third kappa shape index (κ3) is 2.67. The molecule has 3 heterocycles. The zero-order valence-corrected chi connectivity index (χ0v) is 11.2. The molecule has 2 aromatic heterocycles. The van der Waals surface area contributed by atoms with Crippen LogP contribution in [0.5, 0.6) is 0 Å². The first-order valence-corrected chi connectivity index (χ1v) is 6.68. The van der Waals surface area contributed by atoms with E-state index in [0.717, 1.165) is 0 Å². The van der Waals surface area contributed by atoms with Crippen LogP contribution in [0.1, 0.15) is 23.3 Å². The fraction of sp³-hybridized carbons (Fsp3) is 0.357. The Morgan fingerprint density at radius 2 is 2.24 bits per heavy atom. The van der Waals surface area contributed by atoms with Crippen molar-refractivity contribution in [1.82, 2.24) is 10.1 Å². The summed E-state index contributed by atoms with van der Waals surface area (Å²) in [5.74, 6) is -0.843. The molecule has 0 saturated carbocycles. The maximum absolute atomic E-state index is 12.3. The molecule has 1 aliphatic heterocycles. The Morgan fingerprint density at radius 3 is 2.95 bits per heavy atom. The van der Waals surface area contributed by atoms with E-state index in [4.69, 9.17) is 14.0 Å². The number of piperidine rings is 1. The molecule has 0 aliphatic carbocycles. The number of hydrogen-bond donors (Lipinski definition) is 1. The lowest BCUT2D eigenvalue weighted by atomic mass is 9.98. The van der Waals surface area contributed by atoms with E-state index in [1.54, 1.807) is 12.1 Å². The highest BCUT2D eigenvalue weighted by molar-refractivity contribution is 5.93. The van der Waals surface area contributed by atoms with Gasteiger partial charge >= 0.3 is 5.97 Å². The highest BCUT2D eigenvalue weighted by Gasteiger charge is 2.30. The molecule has 7 nitrogen and oxygen atoms in total. The van der Waals surface area contributed by atoms with Crippen LogP contribution in [0.4, 0.5) is 0 Å². The Labute approximate surface area is 120 Å². The summed E-state index contributed by atoms with van der Waals surface area (Å²) in [4.78, 5) is 24.9. The first-order valence-electron chi connectivity index (χ1n) is 6.68. The SMILES string of the molecule is O=C(O)[C@H]1CCCN(C(=O)c2cc(-c3ccco3)on2)C1. The van der Waals surface area contributed by atoms with Crippen molar-refractivity contribution in [2.24, 2.45) is 5.92 Å². The van der Waals surface area contributed by atoms with Crippen LogP contribution in [-0.2, 0) is 4.79 Å². The highest BCUT2D eigenvalue weighted by atomic mass is 16.5. The molecule has 21 heavy (non-hydrogen) atoms. The Bertz CT molecular complexity index is 646. The van der Waals surface area contributed by atoms with Crippen LogP contribution in [0, 0.1) is 5.92 Å². The predicted octanol–water partition coefficient (Wildman–Crippen LogP) is 1.87. The number of nitrogens with zero attached hydrogens (tertiary/aromatic N) is 2. The molecule has 110 valence electrons. The minimum Gasteiger partial charge on any atom is -0.481 e. The summed E-state index contributed by atoms with van der Waals surface area (Å²) in [6.07, 6.45) is 2.77. The number of carbonyl (C=O) groups is 2. The standard InChI is InChI=1S/C14H14N2O5/c17-13(16-5-1-3-9(8-16)14(18)19)10-7-12(21-15-10)11-4-2-6-20-11/h2,4,6-7,9H,1,3,5,8H2,(H,18,19)/t9-/m0/s1. The van der Waals surface area contributed by atoms with E-state index in [-0.39, 0.29) is 18.1 Å². The fourth-order valence-corrected chi connectivity index (χ4v) is 2.44. The molecule has 3 rings (SSSR count). The van der Waals surface area contributed by atoms with Crippen molar-refractivity contribution in [3.63, 3.8) is 0 Å². The quantitative estimate of drug-likeness (QED) is 0.926. The summed E-state index contributed by atoms with van der Waals surface area (Å²) in [5.41, 5.74) is 0.160. The summed E-state index contributed by atoms with van der Waals surface area (Å²) in [6.45, 7) is 0.739. The third-order valence-corrected chi connectivity index (χ3v) is 3.55. The second-order valence-corrected chi connectivity index (χ2v) is 4.98. The highest BCUT2D eigenvalue weighted by Crippen LogP contribution is 2.23. The minimum absolute atomic E-state index is 0.160. The number of carboxylic acid groups (broad SMARTS) is 1. The zero-order chi connectivity index (χ0) is 14.8. The lowest BCUT2D eigenvalue weighted by Crippen LogP contribution is -2.42. The first-order chi connectivity index (χ1) is 10.1. The van der Waals surface area contributed by atoms with Crippen molar-refractivity contribution in [3.05, 3.63) is 30.2 Å². The van der Waals surface area contributed by atoms with Gasteiger partial charge in [-0.05, 0) is 25.0 Å². The molecule has 2 aromatic rings. The van der Waals surface area contributed by atoms with Gasteiger partial charge < -0.3 is 18.9 Å². The van der Waals surface area contributed by atoms with Gasteiger partial charge in [0.25, 0.3) is 5.91 Å². The average molecular weight is 290 g/mol. The molecule has 0 bridgehead atoms. The number of aliphatic carboxylic acids is 1. The van der Waals surface area contributed by atoms with Crippen LogP contribution < -0.4 is 0 Å². The molecule has 1 N–H and O–H groups in total. The van der Waals surface area contributed by atoms with Gasteiger partial charge in [0.1, 0.15) is 0 Å². The van der Waals surface area contributed by atoms with Crippen molar-refractivity contribution >= 4 is 11.9 Å². The molecule has 1 fully saturated rings. The number of carbonyl (C=O) groups excluding carboxylic acids is 1. The summed E-state index contributed by atoms with van der Waals surface area (Å²) >= 11 is 0. The van der Waals surface area contributed by atoms with Gasteiger partial charge in [0.15, 0.2) is 11.5 Å². The maximum atomic E-state index is 12.3. The van der Waals surface area contributed by atoms with Crippen LogP contribution >= 0.6 is 0 Å². The number of amides is 1. The molecule has 1 aliphatic rings.